The van der Waals surface area contributed by atoms with Crippen LogP contribution in [0.4, 0.5) is 5.82 Å². The number of nitrogens with one attached hydrogen (secondary N) is 1. The number of nitrogens with zero attached hydrogens (tertiary/aromatic N) is 1. The van der Waals surface area contributed by atoms with Gasteiger partial charge in [0.25, 0.3) is 0 Å². The van der Waals surface area contributed by atoms with Gasteiger partial charge in [0.1, 0.15) is 5.82 Å². The Labute approximate surface area is 114 Å². The molecule has 1 unspecified atom stereocenters. The summed E-state index contributed by atoms with van der Waals surface area (Å²) < 4.78 is 0. The predicted octanol–water partition coefficient (Wildman–Crippen LogP) is 3.55. The monoisotopic (exact) mass is 267 g/mol. The number of anilines is 1. The van der Waals surface area contributed by atoms with Gasteiger partial charge in [-0.25, -0.2) is 4.98 Å². The Morgan fingerprint density at radius 2 is 2.17 bits per heavy atom. The van der Waals surface area contributed by atoms with E-state index in [2.05, 4.69) is 17.2 Å². The molecule has 1 atom stereocenters. The van der Waals surface area contributed by atoms with Gasteiger partial charge in [-0.2, -0.15) is 0 Å². The molecule has 1 fully saturated rings. The molecule has 0 aromatic carbocycles. The Morgan fingerprint density at radius 3 is 2.83 bits per heavy atom. The van der Waals surface area contributed by atoms with Crippen molar-refractivity contribution in [3.05, 3.63) is 22.8 Å². The average molecular weight is 268 g/mol. The molecule has 0 radical (unpaired) electrons. The van der Waals surface area contributed by atoms with Gasteiger partial charge in [0.2, 0.25) is 0 Å². The molecule has 0 amide bonds. The minimum absolute atomic E-state index is 0.293. The molecule has 3 N–H and O–H groups in total. The third-order valence-electron chi connectivity index (χ3n) is 3.80. The Balaban J connectivity index is 2.24. The average Bonchev–Trinajstić information content (AvgIpc) is 2.40. The first-order chi connectivity index (χ1) is 8.72. The summed E-state index contributed by atoms with van der Waals surface area (Å²) in [5.41, 5.74) is 7.08. The highest BCUT2D eigenvalue weighted by atomic mass is 35.5. The Morgan fingerprint density at radius 1 is 1.44 bits per heavy atom. The van der Waals surface area contributed by atoms with Crippen LogP contribution in [0.1, 0.15) is 50.6 Å². The summed E-state index contributed by atoms with van der Waals surface area (Å²) in [7, 11) is 0. The smallest absolute Gasteiger partial charge is 0.128 e. The number of pyridine rings is 1. The van der Waals surface area contributed by atoms with Crippen molar-refractivity contribution in [2.75, 3.05) is 12.3 Å². The lowest BCUT2D eigenvalue weighted by Gasteiger charge is -2.31. The third kappa shape index (κ3) is 3.15. The molecule has 1 aliphatic rings. The molecule has 1 aromatic rings. The van der Waals surface area contributed by atoms with Crippen LogP contribution in [0.3, 0.4) is 0 Å². The molecule has 0 aliphatic heterocycles. The van der Waals surface area contributed by atoms with E-state index in [1.54, 1.807) is 6.20 Å². The minimum atomic E-state index is 0.293. The molecule has 3 nitrogen and oxygen atoms in total. The van der Waals surface area contributed by atoms with E-state index < -0.39 is 0 Å². The lowest BCUT2D eigenvalue weighted by Crippen LogP contribution is -2.30. The van der Waals surface area contributed by atoms with Gasteiger partial charge in [0.05, 0.1) is 5.02 Å². The van der Waals surface area contributed by atoms with Gasteiger partial charge < -0.3 is 11.1 Å². The highest BCUT2D eigenvalue weighted by Gasteiger charge is 2.26. The number of nitrogen functional groups attached to an aromatic ring is 1. The van der Waals surface area contributed by atoms with Crippen molar-refractivity contribution in [2.24, 2.45) is 5.92 Å². The van der Waals surface area contributed by atoms with Crippen LogP contribution in [0.2, 0.25) is 5.02 Å². The SMILES string of the molecule is CCNC(c1cc(Cl)cnc1N)C1CCCCC1. The van der Waals surface area contributed by atoms with Gasteiger partial charge in [0, 0.05) is 17.8 Å². The molecule has 1 saturated carbocycles. The van der Waals surface area contributed by atoms with Crippen LogP contribution in [0.15, 0.2) is 12.3 Å². The van der Waals surface area contributed by atoms with Crippen molar-refractivity contribution in [1.29, 1.82) is 0 Å². The number of rotatable bonds is 4. The maximum absolute atomic E-state index is 6.05. The first kappa shape index (κ1) is 13.6. The first-order valence-corrected chi connectivity index (χ1v) is 7.24. The lowest BCUT2D eigenvalue weighted by molar-refractivity contribution is 0.275. The number of halogens is 1. The van der Waals surface area contributed by atoms with Gasteiger partial charge in [-0.3, -0.25) is 0 Å². The summed E-state index contributed by atoms with van der Waals surface area (Å²) in [5.74, 6) is 1.26. The number of aromatic nitrogens is 1. The van der Waals surface area contributed by atoms with Crippen molar-refractivity contribution in [2.45, 2.75) is 45.1 Å². The molecular weight excluding hydrogens is 246 g/mol. The van der Waals surface area contributed by atoms with Gasteiger partial charge in [-0.05, 0) is 31.4 Å². The van der Waals surface area contributed by atoms with Crippen LogP contribution in [0.25, 0.3) is 0 Å². The molecule has 1 aromatic heterocycles. The van der Waals surface area contributed by atoms with E-state index in [0.29, 0.717) is 22.8 Å². The van der Waals surface area contributed by atoms with Crippen molar-refractivity contribution < 1.29 is 0 Å². The zero-order valence-corrected chi connectivity index (χ0v) is 11.7. The minimum Gasteiger partial charge on any atom is -0.383 e. The second-order valence-electron chi connectivity index (χ2n) is 5.06. The van der Waals surface area contributed by atoms with Crippen LogP contribution in [-0.4, -0.2) is 11.5 Å². The van der Waals surface area contributed by atoms with Crippen LogP contribution >= 0.6 is 11.6 Å². The zero-order chi connectivity index (χ0) is 13.0. The van der Waals surface area contributed by atoms with Crippen LogP contribution in [-0.2, 0) is 0 Å². The predicted molar refractivity (Wildman–Crippen MR) is 76.7 cm³/mol. The molecule has 1 aliphatic carbocycles. The van der Waals surface area contributed by atoms with E-state index >= 15 is 0 Å². The van der Waals surface area contributed by atoms with E-state index in [9.17, 15) is 0 Å². The number of hydrogen-bond donors (Lipinski definition) is 2. The number of nitrogens with two attached hydrogens (primary N) is 1. The van der Waals surface area contributed by atoms with Crippen LogP contribution < -0.4 is 11.1 Å². The van der Waals surface area contributed by atoms with Crippen molar-refractivity contribution in [1.82, 2.24) is 10.3 Å². The van der Waals surface area contributed by atoms with E-state index in [-0.39, 0.29) is 0 Å². The second-order valence-corrected chi connectivity index (χ2v) is 5.50. The van der Waals surface area contributed by atoms with Crippen LogP contribution in [0, 0.1) is 5.92 Å². The van der Waals surface area contributed by atoms with Crippen molar-refractivity contribution in [3.8, 4) is 0 Å². The van der Waals surface area contributed by atoms with Crippen molar-refractivity contribution >= 4 is 17.4 Å². The quantitative estimate of drug-likeness (QED) is 0.877. The summed E-state index contributed by atoms with van der Waals surface area (Å²) in [6.07, 6.45) is 8.15. The molecule has 0 spiro atoms. The van der Waals surface area contributed by atoms with Gasteiger partial charge in [0.15, 0.2) is 0 Å². The molecule has 18 heavy (non-hydrogen) atoms. The topological polar surface area (TPSA) is 50.9 Å². The fraction of sp³-hybridized carbons (Fsp3) is 0.643. The van der Waals surface area contributed by atoms with Gasteiger partial charge in [-0.15, -0.1) is 0 Å². The van der Waals surface area contributed by atoms with E-state index in [1.807, 2.05) is 6.07 Å². The Kier molecular flexibility index (Phi) is 4.84. The fourth-order valence-corrected chi connectivity index (χ4v) is 3.10. The van der Waals surface area contributed by atoms with Gasteiger partial charge >= 0.3 is 0 Å². The summed E-state index contributed by atoms with van der Waals surface area (Å²) in [4.78, 5) is 4.18. The Hall–Kier alpha value is -0.800. The molecule has 1 heterocycles. The molecule has 4 heteroatoms. The normalized spacial score (nSPS) is 18.8. The lowest BCUT2D eigenvalue weighted by atomic mass is 9.81. The molecule has 0 saturated heterocycles. The van der Waals surface area contributed by atoms with Crippen molar-refractivity contribution in [3.63, 3.8) is 0 Å². The molecule has 2 rings (SSSR count). The van der Waals surface area contributed by atoms with Gasteiger partial charge in [-0.1, -0.05) is 37.8 Å². The maximum Gasteiger partial charge on any atom is 0.128 e. The molecular formula is C14H22ClN3. The summed E-state index contributed by atoms with van der Waals surface area (Å²) >= 11 is 6.05. The number of hydrogen-bond acceptors (Lipinski definition) is 3. The molecule has 100 valence electrons. The summed E-state index contributed by atoms with van der Waals surface area (Å²) in [5, 5.41) is 4.22. The Bertz CT molecular complexity index is 389. The largest absolute Gasteiger partial charge is 0.383 e. The van der Waals surface area contributed by atoms with Crippen LogP contribution in [0.5, 0.6) is 0 Å². The summed E-state index contributed by atoms with van der Waals surface area (Å²) in [6, 6.07) is 2.26. The van der Waals surface area contributed by atoms with E-state index in [4.69, 9.17) is 17.3 Å². The zero-order valence-electron chi connectivity index (χ0n) is 11.0. The highest BCUT2D eigenvalue weighted by Crippen LogP contribution is 2.36. The standard InChI is InChI=1S/C14H22ClN3/c1-2-17-13(10-6-4-3-5-7-10)12-8-11(15)9-18-14(12)16/h8-10,13,17H,2-7H2,1H3,(H2,16,18). The fourth-order valence-electron chi connectivity index (χ4n) is 2.93. The molecule has 0 bridgehead atoms. The first-order valence-electron chi connectivity index (χ1n) is 6.86. The second kappa shape index (κ2) is 6.39. The summed E-state index contributed by atoms with van der Waals surface area (Å²) in [6.45, 7) is 3.07. The van der Waals surface area contributed by atoms with E-state index in [0.717, 1.165) is 12.1 Å². The third-order valence-corrected chi connectivity index (χ3v) is 4.00. The van der Waals surface area contributed by atoms with E-state index in [1.165, 1.54) is 32.1 Å². The highest BCUT2D eigenvalue weighted by molar-refractivity contribution is 6.30. The maximum atomic E-state index is 6.05.